The summed E-state index contributed by atoms with van der Waals surface area (Å²) >= 11 is 0. The minimum atomic E-state index is -0.253. The Kier molecular flexibility index (Phi) is 8.22. The summed E-state index contributed by atoms with van der Waals surface area (Å²) in [6.45, 7) is 8.01. The molecule has 120 valence electrons. The van der Waals surface area contributed by atoms with Gasteiger partial charge in [-0.05, 0) is 27.7 Å². The first-order valence-electron chi connectivity index (χ1n) is 6.35. The molecule has 1 rings (SSSR count). The van der Waals surface area contributed by atoms with E-state index in [0.717, 1.165) is 0 Å². The molecule has 0 aliphatic rings. The van der Waals surface area contributed by atoms with Crippen LogP contribution in [0.4, 0.5) is 0 Å². The molecule has 0 radical (unpaired) electrons. The van der Waals surface area contributed by atoms with E-state index in [1.165, 1.54) is 0 Å². The Morgan fingerprint density at radius 3 is 2.48 bits per heavy atom. The van der Waals surface area contributed by atoms with Crippen LogP contribution in [0.1, 0.15) is 32.5 Å². The minimum Gasteiger partial charge on any atom is -0.350 e. The van der Waals surface area contributed by atoms with Crippen molar-refractivity contribution in [2.24, 2.45) is 4.99 Å². The van der Waals surface area contributed by atoms with Crippen molar-refractivity contribution in [2.75, 3.05) is 13.6 Å². The molecule has 0 aromatic carbocycles. The van der Waals surface area contributed by atoms with Gasteiger partial charge in [0.1, 0.15) is 0 Å². The molecule has 0 bridgehead atoms. The number of nitrogens with one attached hydrogen (secondary N) is 3. The van der Waals surface area contributed by atoms with Gasteiger partial charge < -0.3 is 20.5 Å². The maximum atomic E-state index is 11.7. The van der Waals surface area contributed by atoms with Crippen molar-refractivity contribution in [3.8, 4) is 0 Å². The molecule has 9 heteroatoms. The molecule has 1 amide bonds. The number of aliphatic imine (C=N–C) groups is 1. The molecule has 1 aromatic heterocycles. The fourth-order valence-electron chi connectivity index (χ4n) is 1.42. The van der Waals surface area contributed by atoms with E-state index < -0.39 is 0 Å². The first kappa shape index (κ1) is 19.6. The molecule has 0 saturated carbocycles. The number of amides is 1. The van der Waals surface area contributed by atoms with Crippen molar-refractivity contribution >= 4 is 35.8 Å². The van der Waals surface area contributed by atoms with Gasteiger partial charge in [-0.2, -0.15) is 4.98 Å². The highest BCUT2D eigenvalue weighted by Gasteiger charge is 2.13. The third kappa shape index (κ3) is 8.48. The van der Waals surface area contributed by atoms with Gasteiger partial charge >= 0.3 is 0 Å². The standard InChI is InChI=1S/C12H22N6O2.HI/c1-8-16-10(20-18-8)7-15-11(13-5)14-6-9(19)17-12(2,3)4;/h6-7H2,1-5H3,(H,17,19)(H2,13,14,15);1H. The number of nitrogens with zero attached hydrogens (tertiary/aromatic N) is 3. The third-order valence-electron chi connectivity index (χ3n) is 2.13. The predicted octanol–water partition coefficient (Wildman–Crippen LogP) is 0.576. The molecule has 0 spiro atoms. The van der Waals surface area contributed by atoms with Gasteiger partial charge in [-0.1, -0.05) is 5.16 Å². The first-order valence-corrected chi connectivity index (χ1v) is 6.35. The second-order valence-corrected chi connectivity index (χ2v) is 5.31. The number of aryl methyl sites for hydroxylation is 1. The van der Waals surface area contributed by atoms with Crippen molar-refractivity contribution in [1.82, 2.24) is 26.1 Å². The lowest BCUT2D eigenvalue weighted by atomic mass is 10.1. The zero-order valence-corrected chi connectivity index (χ0v) is 15.3. The molecule has 0 fully saturated rings. The number of carbonyl (C=O) groups excluding carboxylic acids is 1. The van der Waals surface area contributed by atoms with E-state index in [1.807, 2.05) is 20.8 Å². The Bertz CT molecular complexity index is 480. The molecular weight excluding hydrogens is 387 g/mol. The Hall–Kier alpha value is -1.39. The van der Waals surface area contributed by atoms with Crippen LogP contribution in [0.5, 0.6) is 0 Å². The van der Waals surface area contributed by atoms with Crippen molar-refractivity contribution in [2.45, 2.75) is 39.8 Å². The van der Waals surface area contributed by atoms with Gasteiger partial charge in [-0.15, -0.1) is 24.0 Å². The summed E-state index contributed by atoms with van der Waals surface area (Å²) in [5, 5.41) is 12.4. The van der Waals surface area contributed by atoms with Crippen LogP contribution in [0, 0.1) is 6.92 Å². The number of hydrogen-bond acceptors (Lipinski definition) is 5. The molecule has 21 heavy (non-hydrogen) atoms. The number of hydrogen-bond donors (Lipinski definition) is 3. The molecule has 3 N–H and O–H groups in total. The molecule has 0 aliphatic heterocycles. The highest BCUT2D eigenvalue weighted by atomic mass is 127. The summed E-state index contributed by atoms with van der Waals surface area (Å²) in [7, 11) is 1.62. The van der Waals surface area contributed by atoms with Crippen molar-refractivity contribution in [1.29, 1.82) is 0 Å². The third-order valence-corrected chi connectivity index (χ3v) is 2.13. The van der Waals surface area contributed by atoms with Gasteiger partial charge in [-0.3, -0.25) is 9.79 Å². The van der Waals surface area contributed by atoms with E-state index in [-0.39, 0.29) is 42.0 Å². The maximum Gasteiger partial charge on any atom is 0.246 e. The van der Waals surface area contributed by atoms with Crippen molar-refractivity contribution in [3.05, 3.63) is 11.7 Å². The Balaban J connectivity index is 0.00000400. The largest absolute Gasteiger partial charge is 0.350 e. The van der Waals surface area contributed by atoms with Crippen molar-refractivity contribution < 1.29 is 9.32 Å². The summed E-state index contributed by atoms with van der Waals surface area (Å²) in [6.07, 6.45) is 0. The second kappa shape index (κ2) is 8.80. The van der Waals surface area contributed by atoms with Crippen LogP contribution in [0.25, 0.3) is 0 Å². The van der Waals surface area contributed by atoms with Crippen LogP contribution in [-0.2, 0) is 11.3 Å². The highest BCUT2D eigenvalue weighted by Crippen LogP contribution is 1.97. The Labute approximate surface area is 141 Å². The first-order chi connectivity index (χ1) is 9.30. The van der Waals surface area contributed by atoms with Crippen LogP contribution >= 0.6 is 24.0 Å². The molecule has 1 heterocycles. The van der Waals surface area contributed by atoms with Gasteiger partial charge in [0.2, 0.25) is 11.8 Å². The van der Waals surface area contributed by atoms with Gasteiger partial charge in [0.15, 0.2) is 11.8 Å². The molecule has 0 atom stereocenters. The lowest BCUT2D eigenvalue weighted by Crippen LogP contribution is -2.48. The minimum absolute atomic E-state index is 0. The van der Waals surface area contributed by atoms with Gasteiger partial charge in [-0.25, -0.2) is 0 Å². The number of guanidine groups is 1. The summed E-state index contributed by atoms with van der Waals surface area (Å²) < 4.78 is 4.96. The zero-order chi connectivity index (χ0) is 15.2. The predicted molar refractivity (Wildman–Crippen MR) is 90.5 cm³/mol. The summed E-state index contributed by atoms with van der Waals surface area (Å²) in [6, 6.07) is 0. The lowest BCUT2D eigenvalue weighted by molar-refractivity contribution is -0.121. The Morgan fingerprint density at radius 1 is 1.33 bits per heavy atom. The van der Waals surface area contributed by atoms with Gasteiger partial charge in [0, 0.05) is 12.6 Å². The van der Waals surface area contributed by atoms with Crippen molar-refractivity contribution in [3.63, 3.8) is 0 Å². The molecule has 1 aromatic rings. The van der Waals surface area contributed by atoms with E-state index in [4.69, 9.17) is 4.52 Å². The van der Waals surface area contributed by atoms with E-state index >= 15 is 0 Å². The quantitative estimate of drug-likeness (QED) is 0.381. The van der Waals surface area contributed by atoms with Crippen LogP contribution in [0.3, 0.4) is 0 Å². The van der Waals surface area contributed by atoms with Crippen LogP contribution in [0.15, 0.2) is 9.52 Å². The van der Waals surface area contributed by atoms with Gasteiger partial charge in [0.05, 0.1) is 13.1 Å². The zero-order valence-electron chi connectivity index (χ0n) is 13.0. The van der Waals surface area contributed by atoms with Crippen LogP contribution in [0.2, 0.25) is 0 Å². The molecule has 0 saturated heterocycles. The lowest BCUT2D eigenvalue weighted by Gasteiger charge is -2.21. The fraction of sp³-hybridized carbons (Fsp3) is 0.667. The molecular formula is C12H23IN6O2. The average molecular weight is 410 g/mol. The smallest absolute Gasteiger partial charge is 0.246 e. The van der Waals surface area contributed by atoms with E-state index in [2.05, 4.69) is 31.1 Å². The average Bonchev–Trinajstić information content (AvgIpc) is 2.73. The highest BCUT2D eigenvalue weighted by molar-refractivity contribution is 14.0. The summed E-state index contributed by atoms with van der Waals surface area (Å²) in [5.74, 6) is 1.43. The Morgan fingerprint density at radius 2 is 2.00 bits per heavy atom. The van der Waals surface area contributed by atoms with Crippen LogP contribution < -0.4 is 16.0 Å². The molecule has 8 nitrogen and oxygen atoms in total. The topological polar surface area (TPSA) is 104 Å². The summed E-state index contributed by atoms with van der Waals surface area (Å²) in [5.41, 5.74) is -0.253. The van der Waals surface area contributed by atoms with E-state index in [9.17, 15) is 4.79 Å². The van der Waals surface area contributed by atoms with E-state index in [1.54, 1.807) is 14.0 Å². The SMILES string of the molecule is CN=C(NCC(=O)NC(C)(C)C)NCc1nc(C)no1.I. The monoisotopic (exact) mass is 410 g/mol. The number of aromatic nitrogens is 2. The second-order valence-electron chi connectivity index (χ2n) is 5.31. The van der Waals surface area contributed by atoms with Gasteiger partial charge in [0.25, 0.3) is 0 Å². The molecule has 0 unspecified atom stereocenters. The molecule has 0 aliphatic carbocycles. The summed E-state index contributed by atoms with van der Waals surface area (Å²) in [4.78, 5) is 19.7. The number of carbonyl (C=O) groups is 1. The van der Waals surface area contributed by atoms with E-state index in [0.29, 0.717) is 24.2 Å². The number of rotatable bonds is 4. The van der Waals surface area contributed by atoms with Crippen LogP contribution in [-0.4, -0.2) is 41.1 Å². The fourth-order valence-corrected chi connectivity index (χ4v) is 1.42. The maximum absolute atomic E-state index is 11.7. The number of halogens is 1. The normalized spacial score (nSPS) is 11.6.